The van der Waals surface area contributed by atoms with Crippen LogP contribution in [0, 0.1) is 0 Å². The van der Waals surface area contributed by atoms with E-state index in [4.69, 9.17) is 14.2 Å². The second-order valence-corrected chi connectivity index (χ2v) is 8.00. The van der Waals surface area contributed by atoms with E-state index in [0.29, 0.717) is 33.3 Å². The number of benzene rings is 3. The Morgan fingerprint density at radius 3 is 1.89 bits per heavy atom. The summed E-state index contributed by atoms with van der Waals surface area (Å²) in [5, 5.41) is 1.05. The van der Waals surface area contributed by atoms with Gasteiger partial charge in [-0.15, -0.1) is 0 Å². The number of methoxy groups -OCH3 is 3. The van der Waals surface area contributed by atoms with Crippen LogP contribution >= 0.6 is 0 Å². The molecule has 0 unspecified atom stereocenters. The number of hydrogen-bond donors (Lipinski definition) is 0. The summed E-state index contributed by atoms with van der Waals surface area (Å²) in [4.78, 5) is 40.2. The molecule has 0 aliphatic rings. The van der Waals surface area contributed by atoms with Crippen LogP contribution in [-0.2, 0) is 27.4 Å². The van der Waals surface area contributed by atoms with Gasteiger partial charge < -0.3 is 23.7 Å². The van der Waals surface area contributed by atoms with Crippen LogP contribution < -0.4 is 14.9 Å². The third-order valence-electron chi connectivity index (χ3n) is 5.86. The Bertz CT molecular complexity index is 1380. The van der Waals surface area contributed by atoms with Crippen molar-refractivity contribution < 1.29 is 23.8 Å². The number of carbonyl (C=O) groups is 2. The Balaban J connectivity index is 1.75. The van der Waals surface area contributed by atoms with Gasteiger partial charge in [0.2, 0.25) is 5.91 Å². The van der Waals surface area contributed by atoms with Crippen LogP contribution in [0.2, 0.25) is 0 Å². The fourth-order valence-corrected chi connectivity index (χ4v) is 4.11. The van der Waals surface area contributed by atoms with Gasteiger partial charge in [0.1, 0.15) is 24.6 Å². The summed E-state index contributed by atoms with van der Waals surface area (Å²) >= 11 is 0. The first-order valence-electron chi connectivity index (χ1n) is 11.0. The molecule has 8 nitrogen and oxygen atoms in total. The van der Waals surface area contributed by atoms with Gasteiger partial charge in [0.05, 0.1) is 32.4 Å². The fraction of sp³-hybridized carbons (Fsp3) is 0.222. The van der Waals surface area contributed by atoms with Crippen molar-refractivity contribution in [2.24, 2.45) is 0 Å². The smallest absolute Gasteiger partial charge is 0.325 e. The van der Waals surface area contributed by atoms with Crippen molar-refractivity contribution in [1.82, 2.24) is 9.47 Å². The second kappa shape index (κ2) is 10.3. The summed E-state index contributed by atoms with van der Waals surface area (Å²) in [5.41, 5.74) is 1.93. The number of amides is 1. The van der Waals surface area contributed by atoms with E-state index in [-0.39, 0.29) is 31.0 Å². The van der Waals surface area contributed by atoms with E-state index in [1.165, 1.54) is 12.0 Å². The Labute approximate surface area is 202 Å². The largest absolute Gasteiger partial charge is 0.497 e. The molecule has 0 saturated carbocycles. The maximum absolute atomic E-state index is 13.6. The summed E-state index contributed by atoms with van der Waals surface area (Å²) in [6.45, 7) is -0.165. The van der Waals surface area contributed by atoms with Crippen molar-refractivity contribution in [3.05, 3.63) is 82.5 Å². The minimum atomic E-state index is -0.539. The first kappa shape index (κ1) is 23.8. The number of para-hydroxylation sites is 2. The highest BCUT2D eigenvalue weighted by molar-refractivity contribution is 5.95. The number of aromatic nitrogens is 1. The lowest BCUT2D eigenvalue weighted by Crippen LogP contribution is -2.38. The average molecular weight is 475 g/mol. The molecule has 0 atom stereocenters. The van der Waals surface area contributed by atoms with Gasteiger partial charge in [0.15, 0.2) is 5.43 Å². The van der Waals surface area contributed by atoms with Crippen molar-refractivity contribution in [3.8, 4) is 11.5 Å². The molecule has 0 saturated heterocycles. The first-order chi connectivity index (χ1) is 16.9. The first-order valence-corrected chi connectivity index (χ1v) is 11.0. The summed E-state index contributed by atoms with van der Waals surface area (Å²) in [7, 11) is 4.37. The Morgan fingerprint density at radius 1 is 0.829 bits per heavy atom. The van der Waals surface area contributed by atoms with Gasteiger partial charge in [-0.1, -0.05) is 24.3 Å². The van der Waals surface area contributed by atoms with E-state index in [9.17, 15) is 14.4 Å². The maximum Gasteiger partial charge on any atom is 0.325 e. The molecule has 4 rings (SSSR count). The summed E-state index contributed by atoms with van der Waals surface area (Å²) in [5.74, 6) is 0.295. The molecule has 0 fully saturated rings. The molecule has 1 heterocycles. The molecule has 3 aromatic carbocycles. The second-order valence-electron chi connectivity index (χ2n) is 8.00. The molecule has 1 aromatic heterocycles. The van der Waals surface area contributed by atoms with Crippen molar-refractivity contribution in [3.63, 3.8) is 0 Å². The molecular weight excluding hydrogens is 448 g/mol. The number of fused-ring (bicyclic) bond motifs is 2. The molecule has 8 heteroatoms. The standard InChI is InChI=1S/C27H26N2O6/c1-33-19-12-18(13-20(14-19)34-2)15-28(17-26(31)35-3)25(30)16-29-23-10-6-4-8-21(23)27(32)22-9-5-7-11-24(22)29/h4-14H,15-17H2,1-3H3. The van der Waals surface area contributed by atoms with E-state index in [1.807, 2.05) is 28.8 Å². The number of ether oxygens (including phenoxy) is 3. The summed E-state index contributed by atoms with van der Waals surface area (Å²) in [6, 6.07) is 19.7. The third-order valence-corrected chi connectivity index (χ3v) is 5.86. The maximum atomic E-state index is 13.6. The molecule has 0 aliphatic heterocycles. The highest BCUT2D eigenvalue weighted by Crippen LogP contribution is 2.24. The molecule has 1 amide bonds. The average Bonchev–Trinajstić information content (AvgIpc) is 2.90. The van der Waals surface area contributed by atoms with Gasteiger partial charge in [-0.2, -0.15) is 0 Å². The topological polar surface area (TPSA) is 87.1 Å². The predicted molar refractivity (Wildman–Crippen MR) is 133 cm³/mol. The number of esters is 1. The number of nitrogens with zero attached hydrogens (tertiary/aromatic N) is 2. The molecule has 0 radical (unpaired) electrons. The molecule has 35 heavy (non-hydrogen) atoms. The lowest BCUT2D eigenvalue weighted by Gasteiger charge is -2.24. The van der Waals surface area contributed by atoms with Crippen molar-refractivity contribution >= 4 is 33.7 Å². The van der Waals surface area contributed by atoms with E-state index in [2.05, 4.69) is 0 Å². The summed E-state index contributed by atoms with van der Waals surface area (Å²) < 4.78 is 17.3. The molecule has 0 N–H and O–H groups in total. The van der Waals surface area contributed by atoms with Crippen LogP contribution in [0.3, 0.4) is 0 Å². The Hall–Kier alpha value is -4.33. The van der Waals surface area contributed by atoms with E-state index < -0.39 is 5.97 Å². The predicted octanol–water partition coefficient (Wildman–Crippen LogP) is 3.37. The van der Waals surface area contributed by atoms with Gasteiger partial charge in [-0.3, -0.25) is 14.4 Å². The normalized spacial score (nSPS) is 10.8. The van der Waals surface area contributed by atoms with Crippen LogP contribution in [0.1, 0.15) is 5.56 Å². The Kier molecular flexibility index (Phi) is 7.01. The number of hydrogen-bond acceptors (Lipinski definition) is 6. The van der Waals surface area contributed by atoms with Crippen LogP contribution in [0.4, 0.5) is 0 Å². The number of pyridine rings is 1. The molecule has 0 bridgehead atoms. The van der Waals surface area contributed by atoms with Crippen LogP contribution in [-0.4, -0.2) is 49.2 Å². The number of rotatable bonds is 8. The minimum Gasteiger partial charge on any atom is -0.497 e. The monoisotopic (exact) mass is 474 g/mol. The van der Waals surface area contributed by atoms with Gasteiger partial charge >= 0.3 is 5.97 Å². The van der Waals surface area contributed by atoms with E-state index >= 15 is 0 Å². The zero-order valence-electron chi connectivity index (χ0n) is 19.8. The molecule has 0 spiro atoms. The van der Waals surface area contributed by atoms with Crippen LogP contribution in [0.5, 0.6) is 11.5 Å². The van der Waals surface area contributed by atoms with Gasteiger partial charge in [0.25, 0.3) is 0 Å². The summed E-state index contributed by atoms with van der Waals surface area (Å²) in [6.07, 6.45) is 0. The van der Waals surface area contributed by atoms with Gasteiger partial charge in [-0.05, 0) is 42.0 Å². The fourth-order valence-electron chi connectivity index (χ4n) is 4.11. The lowest BCUT2D eigenvalue weighted by atomic mass is 10.1. The molecular formula is C27H26N2O6. The minimum absolute atomic E-state index is 0.0700. The van der Waals surface area contributed by atoms with Gasteiger partial charge in [-0.25, -0.2) is 0 Å². The van der Waals surface area contributed by atoms with Crippen LogP contribution in [0.15, 0.2) is 71.5 Å². The SMILES string of the molecule is COC(=O)CN(Cc1cc(OC)cc(OC)c1)C(=O)Cn1c2ccccc2c(=O)c2ccccc21. The third kappa shape index (κ3) is 4.96. The molecule has 4 aromatic rings. The number of carbonyl (C=O) groups excluding carboxylic acids is 2. The highest BCUT2D eigenvalue weighted by atomic mass is 16.5. The zero-order chi connectivity index (χ0) is 24.9. The van der Waals surface area contributed by atoms with Crippen molar-refractivity contribution in [1.29, 1.82) is 0 Å². The quantitative estimate of drug-likeness (QED) is 0.288. The van der Waals surface area contributed by atoms with Crippen LogP contribution in [0.25, 0.3) is 21.8 Å². The highest BCUT2D eigenvalue weighted by Gasteiger charge is 2.21. The molecule has 0 aliphatic carbocycles. The van der Waals surface area contributed by atoms with E-state index in [0.717, 1.165) is 5.56 Å². The van der Waals surface area contributed by atoms with E-state index in [1.54, 1.807) is 56.7 Å². The lowest BCUT2D eigenvalue weighted by molar-refractivity contribution is -0.147. The van der Waals surface area contributed by atoms with Gasteiger partial charge in [0, 0.05) is 23.4 Å². The Morgan fingerprint density at radius 2 is 1.37 bits per heavy atom. The van der Waals surface area contributed by atoms with Crippen molar-refractivity contribution in [2.45, 2.75) is 13.1 Å². The zero-order valence-corrected chi connectivity index (χ0v) is 19.8. The van der Waals surface area contributed by atoms with Crippen molar-refractivity contribution in [2.75, 3.05) is 27.9 Å². The molecule has 180 valence electrons.